The lowest BCUT2D eigenvalue weighted by Gasteiger charge is -2.18. The molecule has 22 heavy (non-hydrogen) atoms. The Kier molecular flexibility index (Phi) is 6.02. The fraction of sp³-hybridized carbons (Fsp3) is 0.200. The van der Waals surface area contributed by atoms with Crippen molar-refractivity contribution in [2.24, 2.45) is 0 Å². The summed E-state index contributed by atoms with van der Waals surface area (Å²) in [6.07, 6.45) is 0. The third-order valence-corrected chi connectivity index (χ3v) is 6.34. The van der Waals surface area contributed by atoms with E-state index >= 15 is 0 Å². The topological polar surface area (TPSA) is 46.6 Å². The molecule has 0 spiro atoms. The van der Waals surface area contributed by atoms with Gasteiger partial charge in [0.15, 0.2) is 0 Å². The highest BCUT2D eigenvalue weighted by Crippen LogP contribution is 2.27. The second-order valence-corrected chi connectivity index (χ2v) is 8.35. The lowest BCUT2D eigenvalue weighted by molar-refractivity contribution is 0.287. The van der Waals surface area contributed by atoms with Gasteiger partial charge in [0.1, 0.15) is 12.4 Å². The first kappa shape index (κ1) is 17.5. The Morgan fingerprint density at radius 2 is 1.77 bits per heavy atom. The van der Waals surface area contributed by atoms with E-state index in [0.717, 1.165) is 5.75 Å². The Hall–Kier alpha value is -0.890. The third-order valence-electron chi connectivity index (χ3n) is 3.00. The van der Waals surface area contributed by atoms with E-state index in [0.29, 0.717) is 8.95 Å². The maximum atomic E-state index is 12.6. The number of rotatable bonds is 6. The molecular formula is C15H15Br2NO3S. The Morgan fingerprint density at radius 1 is 1.09 bits per heavy atom. The summed E-state index contributed by atoms with van der Waals surface area (Å²) in [5.41, 5.74) is 0. The van der Waals surface area contributed by atoms with Crippen molar-refractivity contribution in [2.45, 2.75) is 4.90 Å². The van der Waals surface area contributed by atoms with E-state index in [1.54, 1.807) is 18.2 Å². The minimum absolute atomic E-state index is 0.226. The maximum Gasteiger partial charge on any atom is 0.244 e. The van der Waals surface area contributed by atoms with Gasteiger partial charge < -0.3 is 4.74 Å². The van der Waals surface area contributed by atoms with E-state index in [9.17, 15) is 8.42 Å². The van der Waals surface area contributed by atoms with Gasteiger partial charge in [0, 0.05) is 22.5 Å². The van der Waals surface area contributed by atoms with Crippen LogP contribution in [0.4, 0.5) is 0 Å². The zero-order chi connectivity index (χ0) is 16.2. The second kappa shape index (κ2) is 7.59. The predicted octanol–water partition coefficient (Wildman–Crippen LogP) is 3.91. The molecule has 0 aliphatic rings. The molecule has 0 aromatic heterocycles. The zero-order valence-corrected chi connectivity index (χ0v) is 15.9. The van der Waals surface area contributed by atoms with Gasteiger partial charge in [0.2, 0.25) is 10.0 Å². The number of nitrogens with zero attached hydrogens (tertiary/aromatic N) is 1. The molecule has 0 aliphatic carbocycles. The summed E-state index contributed by atoms with van der Waals surface area (Å²) in [6.45, 7) is 0.543. The Morgan fingerprint density at radius 3 is 2.45 bits per heavy atom. The quantitative estimate of drug-likeness (QED) is 0.672. The fourth-order valence-corrected chi connectivity index (χ4v) is 4.39. The first-order valence-corrected chi connectivity index (χ1v) is 9.53. The first-order chi connectivity index (χ1) is 10.4. The van der Waals surface area contributed by atoms with Crippen molar-refractivity contribution < 1.29 is 13.2 Å². The molecule has 0 radical (unpaired) electrons. The third kappa shape index (κ3) is 4.32. The molecule has 118 valence electrons. The predicted molar refractivity (Wildman–Crippen MR) is 93.6 cm³/mol. The van der Waals surface area contributed by atoms with Gasteiger partial charge in [-0.1, -0.05) is 34.1 Å². The van der Waals surface area contributed by atoms with Crippen LogP contribution in [-0.4, -0.2) is 32.9 Å². The molecule has 0 saturated heterocycles. The molecule has 2 rings (SSSR count). The van der Waals surface area contributed by atoms with Crippen LogP contribution in [0, 0.1) is 0 Å². The van der Waals surface area contributed by atoms with Gasteiger partial charge in [-0.3, -0.25) is 0 Å². The van der Waals surface area contributed by atoms with Crippen LogP contribution in [0.5, 0.6) is 5.75 Å². The normalized spacial score (nSPS) is 11.6. The summed E-state index contributed by atoms with van der Waals surface area (Å²) in [5, 5.41) is 0. The van der Waals surface area contributed by atoms with E-state index in [4.69, 9.17) is 4.74 Å². The number of halogens is 2. The van der Waals surface area contributed by atoms with Gasteiger partial charge in [-0.05, 0) is 46.3 Å². The van der Waals surface area contributed by atoms with Crippen LogP contribution in [0.25, 0.3) is 0 Å². The number of para-hydroxylation sites is 1. The highest BCUT2D eigenvalue weighted by Gasteiger charge is 2.23. The summed E-state index contributed by atoms with van der Waals surface area (Å²) in [5.74, 6) is 0.719. The number of benzene rings is 2. The molecule has 0 amide bonds. The average Bonchev–Trinajstić information content (AvgIpc) is 2.50. The molecule has 7 heteroatoms. The fourth-order valence-electron chi connectivity index (χ4n) is 1.77. The lowest BCUT2D eigenvalue weighted by atomic mass is 10.3. The van der Waals surface area contributed by atoms with E-state index in [2.05, 4.69) is 31.9 Å². The molecule has 2 aromatic rings. The molecule has 0 unspecified atom stereocenters. The highest BCUT2D eigenvalue weighted by atomic mass is 79.9. The van der Waals surface area contributed by atoms with Crippen LogP contribution < -0.4 is 4.74 Å². The van der Waals surface area contributed by atoms with Gasteiger partial charge >= 0.3 is 0 Å². The Bertz CT molecular complexity index is 736. The monoisotopic (exact) mass is 447 g/mol. The van der Waals surface area contributed by atoms with Crippen LogP contribution >= 0.6 is 31.9 Å². The van der Waals surface area contributed by atoms with E-state index in [1.807, 2.05) is 30.3 Å². The zero-order valence-electron chi connectivity index (χ0n) is 11.9. The second-order valence-electron chi connectivity index (χ2n) is 4.56. The molecule has 0 N–H and O–H groups in total. The van der Waals surface area contributed by atoms with Crippen molar-refractivity contribution in [3.05, 3.63) is 57.5 Å². The number of sulfonamides is 1. The molecule has 0 bridgehead atoms. The van der Waals surface area contributed by atoms with Crippen molar-refractivity contribution in [2.75, 3.05) is 20.2 Å². The van der Waals surface area contributed by atoms with Gasteiger partial charge in [-0.2, -0.15) is 4.31 Å². The molecule has 0 heterocycles. The van der Waals surface area contributed by atoms with E-state index in [1.165, 1.54) is 11.4 Å². The summed E-state index contributed by atoms with van der Waals surface area (Å²) in [4.78, 5) is 0.226. The van der Waals surface area contributed by atoms with Crippen molar-refractivity contribution in [3.63, 3.8) is 0 Å². The largest absolute Gasteiger partial charge is 0.492 e. The summed E-state index contributed by atoms with van der Waals surface area (Å²) >= 11 is 6.57. The van der Waals surface area contributed by atoms with Crippen molar-refractivity contribution >= 4 is 41.9 Å². The van der Waals surface area contributed by atoms with Crippen LogP contribution in [0.1, 0.15) is 0 Å². The van der Waals surface area contributed by atoms with Gasteiger partial charge in [-0.25, -0.2) is 8.42 Å². The van der Waals surface area contributed by atoms with Crippen molar-refractivity contribution in [3.8, 4) is 5.75 Å². The van der Waals surface area contributed by atoms with E-state index in [-0.39, 0.29) is 18.0 Å². The van der Waals surface area contributed by atoms with Crippen LogP contribution in [-0.2, 0) is 10.0 Å². The minimum atomic E-state index is -3.57. The Labute approximate surface area is 147 Å². The molecule has 0 aliphatic heterocycles. The smallest absolute Gasteiger partial charge is 0.244 e. The number of hydrogen-bond acceptors (Lipinski definition) is 3. The number of ether oxygens (including phenoxy) is 1. The maximum absolute atomic E-state index is 12.6. The summed E-state index contributed by atoms with van der Waals surface area (Å²) < 4.78 is 33.2. The van der Waals surface area contributed by atoms with E-state index < -0.39 is 10.0 Å². The molecular weight excluding hydrogens is 434 g/mol. The summed E-state index contributed by atoms with van der Waals surface area (Å²) in [7, 11) is -2.03. The van der Waals surface area contributed by atoms with Crippen LogP contribution in [0.3, 0.4) is 0 Å². The molecule has 4 nitrogen and oxygen atoms in total. The van der Waals surface area contributed by atoms with Gasteiger partial charge in [-0.15, -0.1) is 0 Å². The van der Waals surface area contributed by atoms with Gasteiger partial charge in [0.25, 0.3) is 0 Å². The van der Waals surface area contributed by atoms with Crippen molar-refractivity contribution in [1.29, 1.82) is 0 Å². The first-order valence-electron chi connectivity index (χ1n) is 6.50. The number of hydrogen-bond donors (Lipinski definition) is 0. The number of likely N-dealkylation sites (N-methyl/N-ethyl adjacent to an activating group) is 1. The molecule has 2 aromatic carbocycles. The average molecular weight is 449 g/mol. The Balaban J connectivity index is 2.04. The molecule has 0 saturated carbocycles. The van der Waals surface area contributed by atoms with Gasteiger partial charge in [0.05, 0.1) is 4.90 Å². The minimum Gasteiger partial charge on any atom is -0.492 e. The van der Waals surface area contributed by atoms with Crippen LogP contribution in [0.15, 0.2) is 62.4 Å². The standard InChI is InChI=1S/C15H15Br2NO3S/c1-18(9-10-21-13-5-3-2-4-6-13)22(19,20)15-11-12(16)7-8-14(15)17/h2-8,11H,9-10H2,1H3. The summed E-state index contributed by atoms with van der Waals surface area (Å²) in [6, 6.07) is 14.4. The van der Waals surface area contributed by atoms with Crippen molar-refractivity contribution in [1.82, 2.24) is 4.31 Å². The SMILES string of the molecule is CN(CCOc1ccccc1)S(=O)(=O)c1cc(Br)ccc1Br. The lowest BCUT2D eigenvalue weighted by Crippen LogP contribution is -2.31. The molecule has 0 fully saturated rings. The van der Waals surface area contributed by atoms with Crippen LogP contribution in [0.2, 0.25) is 0 Å². The molecule has 0 atom stereocenters. The highest BCUT2D eigenvalue weighted by molar-refractivity contribution is 9.11.